The molecule has 0 saturated heterocycles. The summed E-state index contributed by atoms with van der Waals surface area (Å²) in [6.07, 6.45) is 3.73. The fourth-order valence-electron chi connectivity index (χ4n) is 4.80. The van der Waals surface area contributed by atoms with Crippen molar-refractivity contribution in [3.05, 3.63) is 78.0 Å². The van der Waals surface area contributed by atoms with E-state index in [1.165, 1.54) is 6.92 Å². The molecule has 6 heteroatoms. The molecule has 6 nitrogen and oxygen atoms in total. The van der Waals surface area contributed by atoms with Crippen molar-refractivity contribution in [3.8, 4) is 0 Å². The second kappa shape index (κ2) is 9.49. The molecule has 0 aliphatic heterocycles. The number of fused-ring (bicyclic) bond motifs is 1. The van der Waals surface area contributed by atoms with Crippen LogP contribution in [0.25, 0.3) is 10.9 Å². The van der Waals surface area contributed by atoms with E-state index in [1.54, 1.807) is 12.3 Å². The number of amides is 2. The van der Waals surface area contributed by atoms with Crippen LogP contribution in [0.2, 0.25) is 0 Å². The number of carbonyl (C=O) groups excluding carboxylic acids is 2. The van der Waals surface area contributed by atoms with Crippen molar-refractivity contribution in [1.82, 2.24) is 15.6 Å². The van der Waals surface area contributed by atoms with Crippen LogP contribution in [0.15, 0.2) is 66.9 Å². The van der Waals surface area contributed by atoms with Gasteiger partial charge in [0.25, 0.3) is 5.91 Å². The Balaban J connectivity index is 1.59. The highest BCUT2D eigenvalue weighted by Crippen LogP contribution is 2.38. The Kier molecular flexibility index (Phi) is 6.51. The SMILES string of the molecule is CC(=O)N[C@H]1CC[C@](CNC(=O)c2cccc3cccnc23)(c2ccccc2)CC[C@@H]1O. The number of nitrogens with one attached hydrogen (secondary N) is 2. The summed E-state index contributed by atoms with van der Waals surface area (Å²) in [6, 6.07) is 19.3. The summed E-state index contributed by atoms with van der Waals surface area (Å²) in [5, 5.41) is 17.6. The third-order valence-corrected chi connectivity index (χ3v) is 6.56. The lowest BCUT2D eigenvalue weighted by Gasteiger charge is -2.34. The van der Waals surface area contributed by atoms with Gasteiger partial charge in [-0.2, -0.15) is 0 Å². The third kappa shape index (κ3) is 4.65. The van der Waals surface area contributed by atoms with Crippen LogP contribution in [0.5, 0.6) is 0 Å². The summed E-state index contributed by atoms with van der Waals surface area (Å²) in [6.45, 7) is 1.92. The topological polar surface area (TPSA) is 91.3 Å². The first kappa shape index (κ1) is 22.0. The number of aliphatic hydroxyl groups excluding tert-OH is 1. The average molecular weight is 432 g/mol. The molecule has 0 radical (unpaired) electrons. The second-order valence-corrected chi connectivity index (χ2v) is 8.66. The third-order valence-electron chi connectivity index (χ3n) is 6.56. The van der Waals surface area contributed by atoms with Crippen molar-refractivity contribution in [2.24, 2.45) is 0 Å². The molecular formula is C26H29N3O3. The molecule has 1 fully saturated rings. The van der Waals surface area contributed by atoms with E-state index in [0.717, 1.165) is 17.4 Å². The number of aliphatic hydroxyl groups is 1. The van der Waals surface area contributed by atoms with Gasteiger partial charge in [0.05, 0.1) is 23.2 Å². The fraction of sp³-hybridized carbons (Fsp3) is 0.346. The van der Waals surface area contributed by atoms with Gasteiger partial charge in [-0.15, -0.1) is 0 Å². The van der Waals surface area contributed by atoms with Crippen LogP contribution in [0.3, 0.4) is 0 Å². The minimum absolute atomic E-state index is 0.141. The van der Waals surface area contributed by atoms with Crippen LogP contribution in [0.4, 0.5) is 0 Å². The Labute approximate surface area is 188 Å². The summed E-state index contributed by atoms with van der Waals surface area (Å²) < 4.78 is 0. The molecular weight excluding hydrogens is 402 g/mol. The first-order valence-electron chi connectivity index (χ1n) is 11.1. The highest BCUT2D eigenvalue weighted by atomic mass is 16.3. The van der Waals surface area contributed by atoms with Crippen molar-refractivity contribution >= 4 is 22.7 Å². The predicted octanol–water partition coefficient (Wildman–Crippen LogP) is 3.34. The van der Waals surface area contributed by atoms with E-state index < -0.39 is 6.10 Å². The minimum Gasteiger partial charge on any atom is -0.391 e. The quantitative estimate of drug-likeness (QED) is 0.541. The normalized spacial score (nSPS) is 23.3. The summed E-state index contributed by atoms with van der Waals surface area (Å²) in [5.74, 6) is -0.300. The molecule has 1 saturated carbocycles. The van der Waals surface area contributed by atoms with E-state index in [1.807, 2.05) is 42.5 Å². The van der Waals surface area contributed by atoms with E-state index in [-0.39, 0.29) is 23.3 Å². The maximum atomic E-state index is 13.2. The number of hydrogen-bond acceptors (Lipinski definition) is 4. The van der Waals surface area contributed by atoms with Gasteiger partial charge in [-0.25, -0.2) is 0 Å². The van der Waals surface area contributed by atoms with E-state index in [0.29, 0.717) is 36.9 Å². The molecule has 1 heterocycles. The number of benzene rings is 2. The fourth-order valence-corrected chi connectivity index (χ4v) is 4.80. The zero-order valence-corrected chi connectivity index (χ0v) is 18.3. The Bertz CT molecular complexity index is 1100. The first-order chi connectivity index (χ1) is 15.5. The van der Waals surface area contributed by atoms with Crippen LogP contribution in [0.1, 0.15) is 48.5 Å². The minimum atomic E-state index is -0.609. The summed E-state index contributed by atoms with van der Waals surface area (Å²) >= 11 is 0. The molecule has 0 bridgehead atoms. The van der Waals surface area contributed by atoms with E-state index in [2.05, 4.69) is 27.8 Å². The standard InChI is InChI=1S/C26H29N3O3/c1-18(30)29-22-12-14-26(15-13-23(22)31,20-9-3-2-4-10-20)17-28-25(32)21-11-5-7-19-8-6-16-27-24(19)21/h2-11,16,22-23,31H,12-15,17H2,1H3,(H,28,32)(H,29,30)/t22-,23-,26-/m0/s1. The summed E-state index contributed by atoms with van der Waals surface area (Å²) in [5.41, 5.74) is 2.04. The monoisotopic (exact) mass is 431 g/mol. The molecule has 3 N–H and O–H groups in total. The van der Waals surface area contributed by atoms with Gasteiger partial charge >= 0.3 is 0 Å². The smallest absolute Gasteiger partial charge is 0.253 e. The highest BCUT2D eigenvalue weighted by Gasteiger charge is 2.38. The van der Waals surface area contributed by atoms with Gasteiger partial charge in [-0.1, -0.05) is 48.5 Å². The van der Waals surface area contributed by atoms with Crippen LogP contribution in [0, 0.1) is 0 Å². The van der Waals surface area contributed by atoms with Crippen molar-refractivity contribution in [1.29, 1.82) is 0 Å². The summed E-state index contributed by atoms with van der Waals surface area (Å²) in [4.78, 5) is 29.2. The number of rotatable bonds is 5. The van der Waals surface area contributed by atoms with Crippen molar-refractivity contribution in [2.45, 2.75) is 50.2 Å². The van der Waals surface area contributed by atoms with Crippen LogP contribution >= 0.6 is 0 Å². The number of nitrogens with zero attached hydrogens (tertiary/aromatic N) is 1. The molecule has 1 aliphatic carbocycles. The lowest BCUT2D eigenvalue weighted by atomic mass is 9.74. The molecule has 32 heavy (non-hydrogen) atoms. The lowest BCUT2D eigenvalue weighted by Crippen LogP contribution is -2.42. The molecule has 1 aromatic heterocycles. The second-order valence-electron chi connectivity index (χ2n) is 8.66. The molecule has 4 rings (SSSR count). The largest absolute Gasteiger partial charge is 0.391 e. The van der Waals surface area contributed by atoms with Gasteiger partial charge in [0, 0.05) is 30.5 Å². The Hall–Kier alpha value is -3.25. The first-order valence-corrected chi connectivity index (χ1v) is 11.1. The van der Waals surface area contributed by atoms with E-state index >= 15 is 0 Å². The Morgan fingerprint density at radius 1 is 1.03 bits per heavy atom. The molecule has 2 amide bonds. The van der Waals surface area contributed by atoms with Gasteiger partial charge in [0.15, 0.2) is 0 Å². The molecule has 2 aromatic carbocycles. The number of carbonyl (C=O) groups is 2. The number of pyridine rings is 1. The molecule has 1 aliphatic rings. The Morgan fingerprint density at radius 2 is 1.78 bits per heavy atom. The van der Waals surface area contributed by atoms with Gasteiger partial charge in [-0.3, -0.25) is 14.6 Å². The van der Waals surface area contributed by atoms with Gasteiger partial charge in [-0.05, 0) is 43.4 Å². The lowest BCUT2D eigenvalue weighted by molar-refractivity contribution is -0.120. The number of para-hydroxylation sites is 1. The molecule has 0 unspecified atom stereocenters. The van der Waals surface area contributed by atoms with Crippen molar-refractivity contribution in [3.63, 3.8) is 0 Å². The molecule has 0 spiro atoms. The number of hydrogen-bond donors (Lipinski definition) is 3. The van der Waals surface area contributed by atoms with Crippen LogP contribution < -0.4 is 10.6 Å². The molecule has 3 atom stereocenters. The maximum absolute atomic E-state index is 13.2. The zero-order chi connectivity index (χ0) is 22.6. The molecule has 166 valence electrons. The molecule has 3 aromatic rings. The Morgan fingerprint density at radius 3 is 2.56 bits per heavy atom. The highest BCUT2D eigenvalue weighted by molar-refractivity contribution is 6.05. The zero-order valence-electron chi connectivity index (χ0n) is 18.3. The predicted molar refractivity (Wildman–Crippen MR) is 124 cm³/mol. The number of aromatic nitrogens is 1. The van der Waals surface area contributed by atoms with Crippen molar-refractivity contribution in [2.75, 3.05) is 6.54 Å². The van der Waals surface area contributed by atoms with E-state index in [4.69, 9.17) is 0 Å². The average Bonchev–Trinajstić information content (AvgIpc) is 2.97. The summed E-state index contributed by atoms with van der Waals surface area (Å²) in [7, 11) is 0. The van der Waals surface area contributed by atoms with Gasteiger partial charge in [0.2, 0.25) is 5.91 Å². The van der Waals surface area contributed by atoms with Gasteiger partial charge in [0.1, 0.15) is 0 Å². The van der Waals surface area contributed by atoms with E-state index in [9.17, 15) is 14.7 Å². The van der Waals surface area contributed by atoms with Crippen LogP contribution in [-0.2, 0) is 10.2 Å². The maximum Gasteiger partial charge on any atom is 0.253 e. The van der Waals surface area contributed by atoms with Crippen molar-refractivity contribution < 1.29 is 14.7 Å². The van der Waals surface area contributed by atoms with Crippen LogP contribution in [-0.4, -0.2) is 40.6 Å². The van der Waals surface area contributed by atoms with Gasteiger partial charge < -0.3 is 15.7 Å².